The second-order valence-corrected chi connectivity index (χ2v) is 9.86. The average molecular weight is 535 g/mol. The van der Waals surface area contributed by atoms with Crippen molar-refractivity contribution in [3.05, 3.63) is 96.7 Å². The highest BCUT2D eigenvalue weighted by Crippen LogP contribution is 2.29. The van der Waals surface area contributed by atoms with Gasteiger partial charge >= 0.3 is 0 Å². The maximum Gasteiger partial charge on any atom is 0.223 e. The first-order valence-corrected chi connectivity index (χ1v) is 13.1. The Balaban J connectivity index is 1.07. The lowest BCUT2D eigenvalue weighted by Crippen LogP contribution is -2.46. The molecule has 0 spiro atoms. The third-order valence-electron chi connectivity index (χ3n) is 6.88. The molecule has 39 heavy (non-hydrogen) atoms. The first kappa shape index (κ1) is 24.9. The number of fused-ring (bicyclic) bond motifs is 1. The monoisotopic (exact) mass is 534 g/mol. The Labute approximate surface area is 232 Å². The maximum absolute atomic E-state index is 9.11. The van der Waals surface area contributed by atoms with Crippen LogP contribution < -0.4 is 16.0 Å². The van der Waals surface area contributed by atoms with Crippen molar-refractivity contribution in [1.29, 1.82) is 5.26 Å². The number of nitrogens with one attached hydrogen (secondary N) is 3. The van der Waals surface area contributed by atoms with Gasteiger partial charge in [0.15, 0.2) is 5.11 Å². The molecule has 2 fully saturated rings. The molecule has 4 aromatic rings. The van der Waals surface area contributed by atoms with E-state index < -0.39 is 0 Å². The van der Waals surface area contributed by atoms with Gasteiger partial charge < -0.3 is 25.4 Å². The summed E-state index contributed by atoms with van der Waals surface area (Å²) < 4.78 is 12.2. The Bertz CT molecular complexity index is 1510. The Morgan fingerprint density at radius 1 is 0.846 bits per heavy atom. The van der Waals surface area contributed by atoms with Crippen LogP contribution in [0.4, 0.5) is 11.6 Å². The van der Waals surface area contributed by atoms with Crippen LogP contribution in [0.25, 0.3) is 22.4 Å². The molecule has 6 rings (SSSR count). The summed E-state index contributed by atoms with van der Waals surface area (Å²) >= 11 is 5.49. The average Bonchev–Trinajstić information content (AvgIpc) is 3.57. The second-order valence-electron chi connectivity index (χ2n) is 9.45. The number of aromatic nitrogens is 2. The molecule has 2 saturated heterocycles. The molecular formula is C30H26N6O2S. The highest BCUT2D eigenvalue weighted by Gasteiger charge is 2.48. The zero-order valence-corrected chi connectivity index (χ0v) is 21.8. The van der Waals surface area contributed by atoms with Gasteiger partial charge in [-0.3, -0.25) is 0 Å². The van der Waals surface area contributed by atoms with E-state index in [4.69, 9.17) is 31.9 Å². The molecule has 0 aliphatic carbocycles. The minimum atomic E-state index is -0.165. The van der Waals surface area contributed by atoms with E-state index in [2.05, 4.69) is 63.4 Å². The second kappa shape index (κ2) is 11.2. The topological polar surface area (TPSA) is 104 Å². The van der Waals surface area contributed by atoms with Crippen LogP contribution in [0.15, 0.2) is 91.1 Å². The normalized spacial score (nSPS) is 21.5. The van der Waals surface area contributed by atoms with Crippen LogP contribution in [0.2, 0.25) is 0 Å². The fraction of sp³-hybridized carbons (Fsp3) is 0.200. The van der Waals surface area contributed by atoms with Crippen LogP contribution in [-0.2, 0) is 9.47 Å². The lowest BCUT2D eigenvalue weighted by atomic mass is 10.0. The molecule has 3 aromatic carbocycles. The molecule has 1 aromatic heterocycles. The van der Waals surface area contributed by atoms with Crippen LogP contribution in [0.5, 0.6) is 0 Å². The molecule has 4 atom stereocenters. The van der Waals surface area contributed by atoms with Gasteiger partial charge in [-0.15, -0.1) is 0 Å². The van der Waals surface area contributed by atoms with E-state index in [1.807, 2.05) is 36.4 Å². The molecule has 3 N–H and O–H groups in total. The molecule has 2 aliphatic heterocycles. The summed E-state index contributed by atoms with van der Waals surface area (Å²) in [6.45, 7) is 0.930. The van der Waals surface area contributed by atoms with Gasteiger partial charge in [-0.25, -0.2) is 9.97 Å². The number of nitriles is 1. The summed E-state index contributed by atoms with van der Waals surface area (Å²) in [5, 5.41) is 19.4. The van der Waals surface area contributed by atoms with E-state index in [0.29, 0.717) is 29.8 Å². The quantitative estimate of drug-likeness (QED) is 0.306. The van der Waals surface area contributed by atoms with E-state index in [-0.39, 0.29) is 24.3 Å². The Hall–Kier alpha value is -4.36. The summed E-state index contributed by atoms with van der Waals surface area (Å²) in [4.78, 5) is 9.18. The van der Waals surface area contributed by atoms with Gasteiger partial charge in [0.1, 0.15) is 12.2 Å². The molecule has 3 heterocycles. The van der Waals surface area contributed by atoms with Crippen LogP contribution in [0.3, 0.4) is 0 Å². The Morgan fingerprint density at radius 3 is 2.36 bits per heavy atom. The van der Waals surface area contributed by atoms with Crippen molar-refractivity contribution in [3.8, 4) is 28.5 Å². The first-order chi connectivity index (χ1) is 19.2. The molecule has 0 radical (unpaired) electrons. The molecule has 2 aliphatic rings. The number of benzene rings is 3. The molecule has 8 nitrogen and oxygen atoms in total. The fourth-order valence-electron chi connectivity index (χ4n) is 4.97. The summed E-state index contributed by atoms with van der Waals surface area (Å²) in [5.41, 5.74) is 5.51. The SMILES string of the molecule is N#Cc1cccc(NC(=S)N[C@H]2CO[C@H]3[C@@H]2OC[C@@H]3Nc2nccc(-c3ccc(-c4ccccc4)cc3)n2)c1. The van der Waals surface area contributed by atoms with E-state index in [0.717, 1.165) is 22.5 Å². The van der Waals surface area contributed by atoms with Gasteiger partial charge in [-0.05, 0) is 47.6 Å². The summed E-state index contributed by atoms with van der Waals surface area (Å²) in [7, 11) is 0. The number of anilines is 2. The van der Waals surface area contributed by atoms with E-state index in [1.165, 1.54) is 5.56 Å². The Kier molecular flexibility index (Phi) is 7.15. The van der Waals surface area contributed by atoms with E-state index in [9.17, 15) is 0 Å². The van der Waals surface area contributed by atoms with Gasteiger partial charge in [0, 0.05) is 17.4 Å². The summed E-state index contributed by atoms with van der Waals surface area (Å²) in [6, 6.07) is 29.7. The largest absolute Gasteiger partial charge is 0.371 e. The van der Waals surface area contributed by atoms with Crippen molar-refractivity contribution in [2.24, 2.45) is 0 Å². The molecular weight excluding hydrogens is 508 g/mol. The standard InChI is InChI=1S/C30H26N6O2S/c31-16-19-5-4-8-23(15-19)33-30(39)36-26-18-38-27-25(17-37-28(26)27)35-29-32-14-13-24(34-29)22-11-9-21(10-12-22)20-6-2-1-3-7-20/h1-15,25-28H,17-18H2,(H,32,34,35)(H2,33,36,39)/t25-,26-,27+,28+/m0/s1. The fourth-order valence-corrected chi connectivity index (χ4v) is 5.24. The zero-order valence-electron chi connectivity index (χ0n) is 21.0. The molecule has 9 heteroatoms. The van der Waals surface area contributed by atoms with Gasteiger partial charge in [-0.1, -0.05) is 60.7 Å². The Morgan fingerprint density at radius 2 is 1.56 bits per heavy atom. The van der Waals surface area contributed by atoms with Crippen LogP contribution in [-0.4, -0.2) is 52.6 Å². The van der Waals surface area contributed by atoms with Gasteiger partial charge in [-0.2, -0.15) is 5.26 Å². The highest BCUT2D eigenvalue weighted by molar-refractivity contribution is 7.80. The molecule has 0 saturated carbocycles. The number of thiocarbonyl (C=S) groups is 1. The summed E-state index contributed by atoms with van der Waals surface area (Å²) in [5.74, 6) is 0.531. The van der Waals surface area contributed by atoms with Crippen molar-refractivity contribution in [3.63, 3.8) is 0 Å². The number of hydrogen-bond donors (Lipinski definition) is 3. The summed E-state index contributed by atoms with van der Waals surface area (Å²) in [6.07, 6.45) is 1.43. The predicted molar refractivity (Wildman–Crippen MR) is 154 cm³/mol. The van der Waals surface area contributed by atoms with E-state index in [1.54, 1.807) is 18.3 Å². The highest BCUT2D eigenvalue weighted by atomic mass is 32.1. The molecule has 0 bridgehead atoms. The minimum Gasteiger partial charge on any atom is -0.371 e. The van der Waals surface area contributed by atoms with Gasteiger partial charge in [0.2, 0.25) is 5.95 Å². The molecule has 0 unspecified atom stereocenters. The van der Waals surface area contributed by atoms with E-state index >= 15 is 0 Å². The van der Waals surface area contributed by atoms with Crippen molar-refractivity contribution in [2.45, 2.75) is 24.3 Å². The third-order valence-corrected chi connectivity index (χ3v) is 7.10. The number of hydrogen-bond acceptors (Lipinski definition) is 7. The number of ether oxygens (including phenoxy) is 2. The predicted octanol–water partition coefficient (Wildman–Crippen LogP) is 4.62. The lowest BCUT2D eigenvalue weighted by molar-refractivity contribution is 0.0689. The third kappa shape index (κ3) is 5.59. The first-order valence-electron chi connectivity index (χ1n) is 12.7. The number of rotatable bonds is 6. The zero-order chi connectivity index (χ0) is 26.6. The molecule has 0 amide bonds. The van der Waals surface area contributed by atoms with Gasteiger partial charge in [0.05, 0.1) is 42.6 Å². The molecule has 194 valence electrons. The van der Waals surface area contributed by atoms with Gasteiger partial charge in [0.25, 0.3) is 0 Å². The lowest BCUT2D eigenvalue weighted by Gasteiger charge is -2.20. The number of nitrogens with zero attached hydrogens (tertiary/aromatic N) is 3. The maximum atomic E-state index is 9.11. The van der Waals surface area contributed by atoms with Crippen molar-refractivity contribution in [2.75, 3.05) is 23.8 Å². The van der Waals surface area contributed by atoms with Crippen molar-refractivity contribution in [1.82, 2.24) is 15.3 Å². The van der Waals surface area contributed by atoms with Crippen LogP contribution in [0, 0.1) is 11.3 Å². The van der Waals surface area contributed by atoms with Crippen molar-refractivity contribution < 1.29 is 9.47 Å². The minimum absolute atomic E-state index is 0.0913. The smallest absolute Gasteiger partial charge is 0.223 e. The van der Waals surface area contributed by atoms with Crippen molar-refractivity contribution >= 4 is 29.0 Å². The van der Waals surface area contributed by atoms with Crippen LogP contribution >= 0.6 is 12.2 Å². The van der Waals surface area contributed by atoms with Crippen LogP contribution in [0.1, 0.15) is 5.56 Å².